The number of aromatic nitrogens is 4. The average Bonchev–Trinajstić information content (AvgIpc) is 3.35. The molecule has 0 spiro atoms. The highest BCUT2D eigenvalue weighted by molar-refractivity contribution is 7.91. The summed E-state index contributed by atoms with van der Waals surface area (Å²) in [4.78, 5) is 23.1. The number of aliphatic carboxylic acids is 1. The second kappa shape index (κ2) is 11.1. The number of fused-ring (bicyclic) bond motifs is 1. The van der Waals surface area contributed by atoms with E-state index < -0.39 is 50.9 Å². The van der Waals surface area contributed by atoms with Crippen molar-refractivity contribution in [3.63, 3.8) is 0 Å². The molecule has 2 aliphatic rings. The number of amides is 1. The smallest absolute Gasteiger partial charge is 0.475 e. The summed E-state index contributed by atoms with van der Waals surface area (Å²) in [5, 5.41) is 19.4. The number of nitrogens with zero attached hydrogens (tertiary/aromatic N) is 5. The molecule has 12 nitrogen and oxygen atoms in total. The quantitative estimate of drug-likeness (QED) is 0.406. The summed E-state index contributed by atoms with van der Waals surface area (Å²) in [5.74, 6) is -4.01. The Morgan fingerprint density at radius 3 is 2.38 bits per heavy atom. The lowest BCUT2D eigenvalue weighted by Crippen LogP contribution is -2.45. The Bertz CT molecular complexity index is 1610. The van der Waals surface area contributed by atoms with Crippen molar-refractivity contribution in [1.29, 1.82) is 0 Å². The number of carbonyl (C=O) groups is 2. The molecule has 0 radical (unpaired) electrons. The molecular weight excluding hydrogens is 588 g/mol. The molecule has 1 aliphatic carbocycles. The molecule has 3 heterocycles. The van der Waals surface area contributed by atoms with E-state index in [0.29, 0.717) is 17.4 Å². The Morgan fingerprint density at radius 1 is 1.19 bits per heavy atom. The zero-order valence-electron chi connectivity index (χ0n) is 22.7. The van der Waals surface area contributed by atoms with Crippen LogP contribution in [0.15, 0.2) is 33.8 Å². The highest BCUT2D eigenvalue weighted by Gasteiger charge is 2.39. The lowest BCUT2D eigenvalue weighted by atomic mass is 9.97. The summed E-state index contributed by atoms with van der Waals surface area (Å²) in [6.07, 6.45) is 0.716. The first-order valence-corrected chi connectivity index (χ1v) is 14.3. The van der Waals surface area contributed by atoms with Crippen molar-refractivity contribution in [1.82, 2.24) is 20.0 Å². The molecular formula is C25H28F4N6O6S. The van der Waals surface area contributed by atoms with Gasteiger partial charge in [0.25, 0.3) is 5.89 Å². The molecule has 1 saturated carbocycles. The summed E-state index contributed by atoms with van der Waals surface area (Å²) < 4.78 is 80.5. The van der Waals surface area contributed by atoms with Crippen LogP contribution in [0, 0.1) is 11.7 Å². The predicted octanol–water partition coefficient (Wildman–Crippen LogP) is 3.06. The van der Waals surface area contributed by atoms with Crippen molar-refractivity contribution >= 4 is 27.4 Å². The molecule has 3 aromatic rings. The van der Waals surface area contributed by atoms with Crippen LogP contribution in [-0.2, 0) is 37.9 Å². The molecule has 0 saturated heterocycles. The maximum Gasteiger partial charge on any atom is 0.490 e. The fraction of sp³-hybridized carbons (Fsp3) is 0.480. The van der Waals surface area contributed by atoms with Gasteiger partial charge >= 0.3 is 12.1 Å². The average molecular weight is 617 g/mol. The Morgan fingerprint density at radius 2 is 1.83 bits per heavy atom. The van der Waals surface area contributed by atoms with E-state index >= 15 is 4.39 Å². The van der Waals surface area contributed by atoms with Crippen molar-refractivity contribution in [2.75, 3.05) is 10.7 Å². The number of halogens is 4. The number of anilines is 1. The van der Waals surface area contributed by atoms with Gasteiger partial charge in [-0.1, -0.05) is 20.8 Å². The number of rotatable bonds is 5. The lowest BCUT2D eigenvalue weighted by Gasteiger charge is -2.24. The molecule has 0 bridgehead atoms. The molecule has 0 unspecified atom stereocenters. The van der Waals surface area contributed by atoms with Crippen molar-refractivity contribution < 1.29 is 45.1 Å². The van der Waals surface area contributed by atoms with Crippen LogP contribution >= 0.6 is 0 Å². The van der Waals surface area contributed by atoms with Crippen LogP contribution in [-0.4, -0.2) is 63.3 Å². The fourth-order valence-corrected chi connectivity index (χ4v) is 5.58. The van der Waals surface area contributed by atoms with E-state index in [9.17, 15) is 26.4 Å². The summed E-state index contributed by atoms with van der Waals surface area (Å²) >= 11 is 0. The van der Waals surface area contributed by atoms with E-state index in [4.69, 9.17) is 20.1 Å². The molecule has 1 aliphatic heterocycles. The van der Waals surface area contributed by atoms with Gasteiger partial charge in [0, 0.05) is 23.7 Å². The topological polar surface area (TPSA) is 175 Å². The third-order valence-electron chi connectivity index (χ3n) is 6.37. The number of benzene rings is 1. The van der Waals surface area contributed by atoms with Gasteiger partial charge in [-0.2, -0.15) is 18.3 Å². The minimum atomic E-state index is -5.08. The Hall–Kier alpha value is -3.86. The number of carbonyl (C=O) groups excluding carboxylic acids is 1. The molecule has 3 N–H and O–H groups in total. The number of hydrogen-bond donors (Lipinski definition) is 2. The number of carboxylic acids is 1. The van der Waals surface area contributed by atoms with Crippen molar-refractivity contribution in [3.05, 3.63) is 41.8 Å². The fourth-order valence-electron chi connectivity index (χ4n) is 4.02. The second-order valence-corrected chi connectivity index (χ2v) is 13.1. The monoisotopic (exact) mass is 616 g/mol. The number of alkyl halides is 3. The van der Waals surface area contributed by atoms with E-state index in [2.05, 4.69) is 15.3 Å². The molecule has 1 fully saturated rings. The van der Waals surface area contributed by atoms with Crippen molar-refractivity contribution in [3.8, 4) is 11.5 Å². The largest absolute Gasteiger partial charge is 0.490 e. The third kappa shape index (κ3) is 6.95. The zero-order valence-corrected chi connectivity index (χ0v) is 23.5. The van der Waals surface area contributed by atoms with Crippen molar-refractivity contribution in [2.45, 2.75) is 69.2 Å². The summed E-state index contributed by atoms with van der Waals surface area (Å²) in [7, 11) is -4.04. The van der Waals surface area contributed by atoms with Gasteiger partial charge < -0.3 is 20.2 Å². The van der Waals surface area contributed by atoms with Gasteiger partial charge in [-0.25, -0.2) is 17.6 Å². The Labute approximate surface area is 237 Å². The molecule has 42 heavy (non-hydrogen) atoms. The van der Waals surface area contributed by atoms with Gasteiger partial charge in [-0.15, -0.1) is 10.2 Å². The van der Waals surface area contributed by atoms with E-state index in [1.54, 1.807) is 6.20 Å². The number of carboxylic acid groups (broad SMARTS) is 1. The van der Waals surface area contributed by atoms with Crippen LogP contribution in [0.4, 0.5) is 23.2 Å². The standard InChI is InChI=1S/C23H27FN6O4S.C2HF3O2/c1-23(2,3)22-28-27-20(34-22)15-6-18-19(7-16(15)24)35(32,33)12-17(25)21(31)30(18)11-14-8-26-29(10-14)9-13-4-5-13;3-2(4,5)1(6)7/h6-8,10,13,17H,4-5,9,11-12,25H2,1-3H3;(H,6,7)/t17-;/m0./s1. The van der Waals surface area contributed by atoms with Crippen LogP contribution < -0.4 is 10.6 Å². The zero-order chi connectivity index (χ0) is 31.2. The van der Waals surface area contributed by atoms with E-state index in [1.807, 2.05) is 31.6 Å². The first-order valence-electron chi connectivity index (χ1n) is 12.7. The normalized spacial score (nSPS) is 18.6. The Kier molecular flexibility index (Phi) is 8.21. The van der Waals surface area contributed by atoms with Crippen molar-refractivity contribution in [2.24, 2.45) is 11.7 Å². The van der Waals surface area contributed by atoms with Gasteiger partial charge in [0.15, 0.2) is 9.84 Å². The van der Waals surface area contributed by atoms with Gasteiger partial charge in [0.05, 0.1) is 40.7 Å². The number of nitrogens with two attached hydrogens (primary N) is 1. The van der Waals surface area contributed by atoms with Crippen LogP contribution in [0.5, 0.6) is 0 Å². The van der Waals surface area contributed by atoms with Gasteiger partial charge in [0.1, 0.15) is 5.82 Å². The second-order valence-electron chi connectivity index (χ2n) is 11.1. The number of hydrogen-bond acceptors (Lipinski definition) is 9. The molecule has 1 atom stereocenters. The van der Waals surface area contributed by atoms with Crippen LogP contribution in [0.2, 0.25) is 0 Å². The van der Waals surface area contributed by atoms with Crippen LogP contribution in [0.25, 0.3) is 11.5 Å². The van der Waals surface area contributed by atoms with Gasteiger partial charge in [0.2, 0.25) is 11.8 Å². The summed E-state index contributed by atoms with van der Waals surface area (Å²) in [5.41, 5.74) is 6.13. The molecule has 17 heteroatoms. The predicted molar refractivity (Wildman–Crippen MR) is 138 cm³/mol. The maximum atomic E-state index is 15.2. The minimum absolute atomic E-state index is 0.0183. The van der Waals surface area contributed by atoms with Gasteiger partial charge in [-0.05, 0) is 30.9 Å². The highest BCUT2D eigenvalue weighted by atomic mass is 32.2. The highest BCUT2D eigenvalue weighted by Crippen LogP contribution is 2.37. The SMILES string of the molecule is CC(C)(C)c1nnc(-c2cc3c(cc2F)S(=O)(=O)C[C@H](N)C(=O)N3Cc2cnn(CC3CC3)c2)o1.O=C(O)C(F)(F)F. The summed E-state index contributed by atoms with van der Waals surface area (Å²) in [6.45, 7) is 6.43. The molecule has 1 aromatic carbocycles. The maximum absolute atomic E-state index is 15.2. The molecule has 2 aromatic heterocycles. The Balaban J connectivity index is 0.000000517. The molecule has 1 amide bonds. The number of sulfone groups is 1. The lowest BCUT2D eigenvalue weighted by molar-refractivity contribution is -0.192. The minimum Gasteiger partial charge on any atom is -0.475 e. The van der Waals surface area contributed by atoms with E-state index in [-0.39, 0.29) is 28.6 Å². The molecule has 228 valence electrons. The van der Waals surface area contributed by atoms with E-state index in [1.165, 1.54) is 23.8 Å². The van der Waals surface area contributed by atoms with Gasteiger partial charge in [-0.3, -0.25) is 9.48 Å². The molecule has 5 rings (SSSR count). The summed E-state index contributed by atoms with van der Waals surface area (Å²) in [6, 6.07) is 0.874. The van der Waals surface area contributed by atoms with Crippen LogP contribution in [0.3, 0.4) is 0 Å². The third-order valence-corrected chi connectivity index (χ3v) is 8.16. The first kappa shape index (κ1) is 31.1. The van der Waals surface area contributed by atoms with Crippen LogP contribution in [0.1, 0.15) is 45.1 Å². The first-order chi connectivity index (χ1) is 19.4. The van der Waals surface area contributed by atoms with E-state index in [0.717, 1.165) is 12.6 Å².